The maximum atomic E-state index is 13.2. The number of rotatable bonds is 4. The van der Waals surface area contributed by atoms with E-state index in [1.54, 1.807) is 11.0 Å². The fourth-order valence-corrected chi connectivity index (χ4v) is 4.81. The summed E-state index contributed by atoms with van der Waals surface area (Å²) in [6.45, 7) is 1.76. The van der Waals surface area contributed by atoms with Crippen molar-refractivity contribution in [2.45, 2.75) is 19.4 Å². The summed E-state index contributed by atoms with van der Waals surface area (Å²) in [6, 6.07) is 20.9. The lowest BCUT2D eigenvalue weighted by molar-refractivity contribution is -0.117. The molecule has 4 rings (SSSR count). The van der Waals surface area contributed by atoms with Crippen LogP contribution in [0.3, 0.4) is 0 Å². The number of amides is 1. The van der Waals surface area contributed by atoms with Gasteiger partial charge in [-0.05, 0) is 36.4 Å². The lowest BCUT2D eigenvalue weighted by Gasteiger charge is -2.28. The Morgan fingerprint density at radius 3 is 2.50 bits per heavy atom. The molecule has 0 spiro atoms. The fraction of sp³-hybridized carbons (Fsp3) is 0.227. The summed E-state index contributed by atoms with van der Waals surface area (Å²) >= 11 is 0. The van der Waals surface area contributed by atoms with E-state index < -0.39 is 10.0 Å². The van der Waals surface area contributed by atoms with Crippen molar-refractivity contribution in [1.29, 1.82) is 0 Å². The molecule has 0 aromatic heterocycles. The van der Waals surface area contributed by atoms with Crippen LogP contribution in [0.5, 0.6) is 0 Å². The molecule has 0 unspecified atom stereocenters. The van der Waals surface area contributed by atoms with E-state index in [1.165, 1.54) is 4.31 Å². The molecule has 1 aliphatic heterocycles. The molecule has 6 heteroatoms. The minimum atomic E-state index is -3.64. The molecular formula is C22H22N2O3S. The Hall–Kier alpha value is -2.86. The quantitative estimate of drug-likeness (QED) is 0.680. The highest BCUT2D eigenvalue weighted by Gasteiger charge is 2.33. The molecule has 0 fully saturated rings. The van der Waals surface area contributed by atoms with Crippen LogP contribution in [0.25, 0.3) is 10.8 Å². The summed E-state index contributed by atoms with van der Waals surface area (Å²) in [5, 5.41) is 1.74. The third-order valence-corrected chi connectivity index (χ3v) is 6.32. The lowest BCUT2D eigenvalue weighted by atomic mass is 10.1. The van der Waals surface area contributed by atoms with Gasteiger partial charge < -0.3 is 4.90 Å². The molecule has 28 heavy (non-hydrogen) atoms. The predicted molar refractivity (Wildman–Crippen MR) is 113 cm³/mol. The Morgan fingerprint density at radius 1 is 1.04 bits per heavy atom. The van der Waals surface area contributed by atoms with Crippen LogP contribution in [0.2, 0.25) is 0 Å². The molecule has 5 nitrogen and oxygen atoms in total. The monoisotopic (exact) mass is 394 g/mol. The molecule has 0 N–H and O–H groups in total. The Labute approximate surface area is 165 Å². The van der Waals surface area contributed by atoms with Crippen LogP contribution in [0.4, 0.5) is 11.4 Å². The van der Waals surface area contributed by atoms with Gasteiger partial charge in [-0.25, -0.2) is 8.42 Å². The maximum absolute atomic E-state index is 13.2. The van der Waals surface area contributed by atoms with E-state index in [0.717, 1.165) is 34.7 Å². The van der Waals surface area contributed by atoms with E-state index in [-0.39, 0.29) is 18.5 Å². The SMILES string of the molecule is C[C@@H]1Cc2ccccc2N1C(=O)CN(c1cccc2ccccc12)S(C)(=O)=O. The second-order valence-electron chi connectivity index (χ2n) is 7.21. The zero-order chi connectivity index (χ0) is 19.9. The van der Waals surface area contributed by atoms with Gasteiger partial charge in [0.15, 0.2) is 0 Å². The third kappa shape index (κ3) is 3.24. The van der Waals surface area contributed by atoms with Gasteiger partial charge in [0.25, 0.3) is 0 Å². The summed E-state index contributed by atoms with van der Waals surface area (Å²) < 4.78 is 26.4. The number of nitrogens with zero attached hydrogens (tertiary/aromatic N) is 2. The van der Waals surface area contributed by atoms with Crippen molar-refractivity contribution in [2.75, 3.05) is 22.0 Å². The van der Waals surface area contributed by atoms with Crippen molar-refractivity contribution in [3.63, 3.8) is 0 Å². The largest absolute Gasteiger partial charge is 0.307 e. The first-order valence-corrected chi connectivity index (χ1v) is 11.1. The Bertz CT molecular complexity index is 1150. The van der Waals surface area contributed by atoms with Crippen molar-refractivity contribution in [3.8, 4) is 0 Å². The molecule has 0 aliphatic carbocycles. The number of hydrogen-bond acceptors (Lipinski definition) is 3. The van der Waals surface area contributed by atoms with Crippen LogP contribution >= 0.6 is 0 Å². The van der Waals surface area contributed by atoms with Gasteiger partial charge in [-0.3, -0.25) is 9.10 Å². The first-order valence-electron chi connectivity index (χ1n) is 9.21. The van der Waals surface area contributed by atoms with E-state index >= 15 is 0 Å². The highest BCUT2D eigenvalue weighted by molar-refractivity contribution is 7.92. The van der Waals surface area contributed by atoms with E-state index in [2.05, 4.69) is 0 Å². The number of benzene rings is 3. The Morgan fingerprint density at radius 2 is 1.71 bits per heavy atom. The van der Waals surface area contributed by atoms with E-state index in [9.17, 15) is 13.2 Å². The number of para-hydroxylation sites is 1. The summed E-state index contributed by atoms with van der Waals surface area (Å²) in [6.07, 6.45) is 1.92. The van der Waals surface area contributed by atoms with Crippen molar-refractivity contribution < 1.29 is 13.2 Å². The third-order valence-electron chi connectivity index (χ3n) is 5.19. The number of sulfonamides is 1. The highest BCUT2D eigenvalue weighted by atomic mass is 32.2. The molecule has 0 saturated heterocycles. The molecule has 1 amide bonds. The topological polar surface area (TPSA) is 57.7 Å². The first-order chi connectivity index (χ1) is 13.4. The number of anilines is 2. The normalized spacial score (nSPS) is 16.2. The number of hydrogen-bond donors (Lipinski definition) is 0. The van der Waals surface area contributed by atoms with Gasteiger partial charge in [-0.2, -0.15) is 0 Å². The average Bonchev–Trinajstić information content (AvgIpc) is 3.00. The van der Waals surface area contributed by atoms with Gasteiger partial charge in [0.05, 0.1) is 11.9 Å². The minimum Gasteiger partial charge on any atom is -0.307 e. The van der Waals surface area contributed by atoms with Crippen molar-refractivity contribution in [1.82, 2.24) is 0 Å². The van der Waals surface area contributed by atoms with Crippen molar-refractivity contribution in [3.05, 3.63) is 72.3 Å². The standard InChI is InChI=1S/C22H22N2O3S/c1-16-14-18-9-4-6-12-20(18)24(16)22(25)15-23(28(2,26)27)21-13-7-10-17-8-3-5-11-19(17)21/h3-13,16H,14-15H2,1-2H3/t16-/m1/s1. The van der Waals surface area contributed by atoms with Crippen LogP contribution in [0.1, 0.15) is 12.5 Å². The van der Waals surface area contributed by atoms with Gasteiger partial charge in [-0.15, -0.1) is 0 Å². The zero-order valence-electron chi connectivity index (χ0n) is 15.9. The first kappa shape index (κ1) is 18.5. The molecular weight excluding hydrogens is 372 g/mol. The number of carbonyl (C=O) groups excluding carboxylic acids is 1. The number of fused-ring (bicyclic) bond motifs is 2. The summed E-state index contributed by atoms with van der Waals surface area (Å²) in [5.74, 6) is -0.226. The van der Waals surface area contributed by atoms with Crippen LogP contribution in [-0.4, -0.2) is 33.2 Å². The summed E-state index contributed by atoms with van der Waals surface area (Å²) in [4.78, 5) is 14.9. The minimum absolute atomic E-state index is 0.00109. The van der Waals surface area contributed by atoms with E-state index in [4.69, 9.17) is 0 Å². The highest BCUT2D eigenvalue weighted by Crippen LogP contribution is 2.33. The fourth-order valence-electron chi connectivity index (χ4n) is 3.95. The average molecular weight is 394 g/mol. The van der Waals surface area contributed by atoms with E-state index in [1.807, 2.05) is 67.6 Å². The molecule has 1 heterocycles. The van der Waals surface area contributed by atoms with Crippen LogP contribution in [0.15, 0.2) is 66.7 Å². The van der Waals surface area contributed by atoms with Crippen LogP contribution < -0.4 is 9.21 Å². The predicted octanol–water partition coefficient (Wildman–Crippen LogP) is 3.58. The van der Waals surface area contributed by atoms with Gasteiger partial charge >= 0.3 is 0 Å². The molecule has 0 bridgehead atoms. The second kappa shape index (κ2) is 6.95. The molecule has 3 aromatic carbocycles. The molecule has 3 aromatic rings. The van der Waals surface area contributed by atoms with E-state index in [0.29, 0.717) is 5.69 Å². The summed E-state index contributed by atoms with van der Waals surface area (Å²) in [7, 11) is -3.64. The number of carbonyl (C=O) groups is 1. The van der Waals surface area contributed by atoms with Crippen LogP contribution in [-0.2, 0) is 21.2 Å². The lowest BCUT2D eigenvalue weighted by Crippen LogP contribution is -2.45. The smallest absolute Gasteiger partial charge is 0.248 e. The van der Waals surface area contributed by atoms with Gasteiger partial charge in [-0.1, -0.05) is 54.6 Å². The molecule has 1 aliphatic rings. The van der Waals surface area contributed by atoms with Gasteiger partial charge in [0, 0.05) is 17.1 Å². The van der Waals surface area contributed by atoms with Crippen molar-refractivity contribution in [2.24, 2.45) is 0 Å². The van der Waals surface area contributed by atoms with Crippen LogP contribution in [0, 0.1) is 0 Å². The Balaban J connectivity index is 1.74. The molecule has 144 valence electrons. The van der Waals surface area contributed by atoms with Crippen molar-refractivity contribution >= 4 is 38.1 Å². The second-order valence-corrected chi connectivity index (χ2v) is 9.12. The van der Waals surface area contributed by atoms with Gasteiger partial charge in [0.2, 0.25) is 15.9 Å². The molecule has 0 saturated carbocycles. The Kier molecular flexibility index (Phi) is 4.59. The molecule has 1 atom stereocenters. The maximum Gasteiger partial charge on any atom is 0.248 e. The summed E-state index contributed by atoms with van der Waals surface area (Å²) in [5.41, 5.74) is 2.50. The molecule has 0 radical (unpaired) electrons. The van der Waals surface area contributed by atoms with Gasteiger partial charge in [0.1, 0.15) is 6.54 Å². The zero-order valence-corrected chi connectivity index (χ0v) is 16.7.